The molecule has 90 valence electrons. The van der Waals surface area contributed by atoms with Gasteiger partial charge in [-0.05, 0) is 43.2 Å². The van der Waals surface area contributed by atoms with E-state index in [1.807, 2.05) is 26.0 Å². The molecule has 0 atom stereocenters. The van der Waals surface area contributed by atoms with Gasteiger partial charge in [0.15, 0.2) is 0 Å². The molecular weight excluding hydrogens is 226 g/mol. The average Bonchev–Trinajstić information content (AvgIpc) is 2.31. The number of nitriles is 2. The van der Waals surface area contributed by atoms with Gasteiger partial charge in [0.1, 0.15) is 17.7 Å². The van der Waals surface area contributed by atoms with Crippen molar-refractivity contribution in [2.75, 3.05) is 5.32 Å². The molecule has 1 aromatic rings. The molecule has 1 amide bonds. The fourth-order valence-electron chi connectivity index (χ4n) is 1.50. The molecule has 0 aromatic heterocycles. The van der Waals surface area contributed by atoms with Crippen LogP contribution in [0.3, 0.4) is 0 Å². The smallest absolute Gasteiger partial charge is 0.221 e. The number of carbonyl (C=O) groups is 1. The molecule has 0 radical (unpaired) electrons. The lowest BCUT2D eigenvalue weighted by molar-refractivity contribution is -0.114. The monoisotopic (exact) mass is 239 g/mol. The van der Waals surface area contributed by atoms with Crippen LogP contribution in [0.25, 0.3) is 6.08 Å². The number of allylic oxidation sites excluding steroid dienone is 1. The molecule has 0 aliphatic heterocycles. The van der Waals surface area contributed by atoms with Crippen LogP contribution >= 0.6 is 0 Å². The Bertz CT molecular complexity index is 585. The van der Waals surface area contributed by atoms with Gasteiger partial charge in [-0.3, -0.25) is 4.79 Å². The summed E-state index contributed by atoms with van der Waals surface area (Å²) in [6, 6.07) is 7.28. The SMILES string of the molecule is CC(=O)Nc1cc(C)c(C)cc1C=C(C#N)C#N. The van der Waals surface area contributed by atoms with Crippen LogP contribution in [0.4, 0.5) is 5.69 Å². The number of anilines is 1. The van der Waals surface area contributed by atoms with E-state index in [9.17, 15) is 4.79 Å². The number of nitrogens with zero attached hydrogens (tertiary/aromatic N) is 2. The summed E-state index contributed by atoms with van der Waals surface area (Å²) in [7, 11) is 0. The molecule has 0 fully saturated rings. The Morgan fingerprint density at radius 1 is 1.22 bits per heavy atom. The fourth-order valence-corrected chi connectivity index (χ4v) is 1.50. The second-order valence-corrected chi connectivity index (χ2v) is 3.99. The van der Waals surface area contributed by atoms with E-state index in [2.05, 4.69) is 5.32 Å². The lowest BCUT2D eigenvalue weighted by Gasteiger charge is -2.10. The van der Waals surface area contributed by atoms with E-state index < -0.39 is 0 Å². The first-order valence-corrected chi connectivity index (χ1v) is 5.38. The van der Waals surface area contributed by atoms with Crippen molar-refractivity contribution in [2.24, 2.45) is 0 Å². The molecular formula is C14H13N3O. The predicted octanol–water partition coefficient (Wildman–Crippen LogP) is 2.69. The van der Waals surface area contributed by atoms with Gasteiger partial charge in [-0.25, -0.2) is 0 Å². The highest BCUT2D eigenvalue weighted by molar-refractivity contribution is 5.92. The van der Waals surface area contributed by atoms with E-state index in [-0.39, 0.29) is 11.5 Å². The predicted molar refractivity (Wildman–Crippen MR) is 69.4 cm³/mol. The maximum atomic E-state index is 11.1. The summed E-state index contributed by atoms with van der Waals surface area (Å²) in [6.45, 7) is 5.28. The average molecular weight is 239 g/mol. The first-order chi connectivity index (χ1) is 8.47. The van der Waals surface area contributed by atoms with Gasteiger partial charge >= 0.3 is 0 Å². The molecule has 0 aliphatic rings. The molecule has 4 nitrogen and oxygen atoms in total. The van der Waals surface area contributed by atoms with Crippen molar-refractivity contribution >= 4 is 17.7 Å². The third kappa shape index (κ3) is 3.20. The number of nitrogens with one attached hydrogen (secondary N) is 1. The topological polar surface area (TPSA) is 76.7 Å². The second-order valence-electron chi connectivity index (χ2n) is 3.99. The van der Waals surface area contributed by atoms with Crippen LogP contribution in [0, 0.1) is 36.5 Å². The molecule has 1 rings (SSSR count). The summed E-state index contributed by atoms with van der Waals surface area (Å²) < 4.78 is 0. The third-order valence-electron chi connectivity index (χ3n) is 2.52. The molecule has 0 bridgehead atoms. The highest BCUT2D eigenvalue weighted by Gasteiger charge is 2.06. The van der Waals surface area contributed by atoms with Gasteiger partial charge in [-0.1, -0.05) is 0 Å². The van der Waals surface area contributed by atoms with Crippen molar-refractivity contribution in [3.05, 3.63) is 34.4 Å². The van der Waals surface area contributed by atoms with Crippen LogP contribution in [0.2, 0.25) is 0 Å². The zero-order valence-electron chi connectivity index (χ0n) is 10.5. The van der Waals surface area contributed by atoms with Crippen LogP contribution in [0.15, 0.2) is 17.7 Å². The van der Waals surface area contributed by atoms with E-state index in [1.54, 1.807) is 12.1 Å². The van der Waals surface area contributed by atoms with Gasteiger partial charge in [0, 0.05) is 18.2 Å². The minimum absolute atomic E-state index is 0.00450. The Morgan fingerprint density at radius 3 is 2.28 bits per heavy atom. The molecule has 1 aromatic carbocycles. The van der Waals surface area contributed by atoms with Crippen LogP contribution in [-0.4, -0.2) is 5.91 Å². The number of hydrogen-bond acceptors (Lipinski definition) is 3. The first-order valence-electron chi connectivity index (χ1n) is 5.38. The zero-order valence-corrected chi connectivity index (χ0v) is 10.5. The van der Waals surface area contributed by atoms with Gasteiger partial charge in [-0.15, -0.1) is 0 Å². The van der Waals surface area contributed by atoms with Crippen LogP contribution in [0.1, 0.15) is 23.6 Å². The maximum Gasteiger partial charge on any atom is 0.221 e. The van der Waals surface area contributed by atoms with Crippen molar-refractivity contribution in [2.45, 2.75) is 20.8 Å². The number of aryl methyl sites for hydroxylation is 2. The second kappa shape index (κ2) is 5.65. The van der Waals surface area contributed by atoms with Crippen LogP contribution in [0.5, 0.6) is 0 Å². The zero-order chi connectivity index (χ0) is 13.7. The summed E-state index contributed by atoms with van der Waals surface area (Å²) in [5, 5.41) is 20.2. The third-order valence-corrected chi connectivity index (χ3v) is 2.52. The summed E-state index contributed by atoms with van der Waals surface area (Å²) in [4.78, 5) is 11.1. The lowest BCUT2D eigenvalue weighted by Crippen LogP contribution is -2.07. The van der Waals surface area contributed by atoms with Gasteiger partial charge < -0.3 is 5.32 Å². The highest BCUT2D eigenvalue weighted by atomic mass is 16.1. The molecule has 18 heavy (non-hydrogen) atoms. The number of amides is 1. The van der Waals surface area contributed by atoms with Crippen LogP contribution < -0.4 is 5.32 Å². The molecule has 0 saturated heterocycles. The lowest BCUT2D eigenvalue weighted by atomic mass is 10.0. The molecule has 1 N–H and O–H groups in total. The van der Waals surface area contributed by atoms with Gasteiger partial charge in [0.25, 0.3) is 0 Å². The van der Waals surface area contributed by atoms with Gasteiger partial charge in [-0.2, -0.15) is 10.5 Å². The normalized spacial score (nSPS) is 8.94. The largest absolute Gasteiger partial charge is 0.326 e. The van der Waals surface area contributed by atoms with Gasteiger partial charge in [0.2, 0.25) is 5.91 Å². The number of carbonyl (C=O) groups excluding carboxylic acids is 1. The molecule has 0 unspecified atom stereocenters. The maximum absolute atomic E-state index is 11.1. The van der Waals surface area contributed by atoms with E-state index in [4.69, 9.17) is 10.5 Å². The summed E-state index contributed by atoms with van der Waals surface area (Å²) in [6.07, 6.45) is 1.47. The number of benzene rings is 1. The quantitative estimate of drug-likeness (QED) is 0.806. The standard InChI is InChI=1S/C14H13N3O/c1-9-4-13(6-12(7-15)8-16)14(5-10(9)2)17-11(3)18/h4-6H,1-3H3,(H,17,18). The van der Waals surface area contributed by atoms with Crippen molar-refractivity contribution in [3.8, 4) is 12.1 Å². The minimum Gasteiger partial charge on any atom is -0.326 e. The van der Waals surface area contributed by atoms with Crippen molar-refractivity contribution < 1.29 is 4.79 Å². The Balaban J connectivity index is 3.38. The van der Waals surface area contributed by atoms with Crippen LogP contribution in [-0.2, 0) is 4.79 Å². The molecule has 0 heterocycles. The van der Waals surface area contributed by atoms with E-state index >= 15 is 0 Å². The highest BCUT2D eigenvalue weighted by Crippen LogP contribution is 2.23. The van der Waals surface area contributed by atoms with Crippen molar-refractivity contribution in [1.82, 2.24) is 0 Å². The summed E-state index contributed by atoms with van der Waals surface area (Å²) in [5.41, 5.74) is 3.34. The molecule has 4 heteroatoms. The molecule has 0 saturated carbocycles. The minimum atomic E-state index is -0.191. The Kier molecular flexibility index (Phi) is 4.23. The van der Waals surface area contributed by atoms with Gasteiger partial charge in [0.05, 0.1) is 0 Å². The number of hydrogen-bond donors (Lipinski definition) is 1. The number of rotatable bonds is 2. The molecule has 0 aliphatic carbocycles. The van der Waals surface area contributed by atoms with Crippen molar-refractivity contribution in [1.29, 1.82) is 10.5 Å². The molecule has 0 spiro atoms. The Labute approximate surface area is 106 Å². The summed E-state index contributed by atoms with van der Waals surface area (Å²) in [5.74, 6) is -0.191. The van der Waals surface area contributed by atoms with E-state index in [0.717, 1.165) is 11.1 Å². The fraction of sp³-hybridized carbons (Fsp3) is 0.214. The Morgan fingerprint density at radius 2 is 1.78 bits per heavy atom. The summed E-state index contributed by atoms with van der Waals surface area (Å²) >= 11 is 0. The van der Waals surface area contributed by atoms with E-state index in [1.165, 1.54) is 13.0 Å². The van der Waals surface area contributed by atoms with Crippen molar-refractivity contribution in [3.63, 3.8) is 0 Å². The Hall–Kier alpha value is -2.59. The first kappa shape index (κ1) is 13.5. The van der Waals surface area contributed by atoms with E-state index in [0.29, 0.717) is 11.3 Å².